The van der Waals surface area contributed by atoms with Gasteiger partial charge in [0.25, 0.3) is 5.56 Å². The number of nitrogen functional groups attached to an aromatic ring is 1. The lowest BCUT2D eigenvalue weighted by molar-refractivity contribution is 0.749. The summed E-state index contributed by atoms with van der Waals surface area (Å²) in [5.74, 6) is 5.77. The Hall–Kier alpha value is -2.51. The Morgan fingerprint density at radius 1 is 1.19 bits per heavy atom. The van der Waals surface area contributed by atoms with Gasteiger partial charge in [-0.15, -0.1) is 0 Å². The lowest BCUT2D eigenvalue weighted by Gasteiger charge is -2.06. The number of nitrogens with zero attached hydrogens (tertiary/aromatic N) is 2. The number of aromatic nitrogens is 2. The van der Waals surface area contributed by atoms with E-state index in [4.69, 9.17) is 5.84 Å². The molecule has 0 aliphatic carbocycles. The molecular weight excluding hydrogens is 288 g/mol. The van der Waals surface area contributed by atoms with Gasteiger partial charge in [0.15, 0.2) is 0 Å². The van der Waals surface area contributed by atoms with Gasteiger partial charge in [-0.25, -0.2) is 10.8 Å². The van der Waals surface area contributed by atoms with E-state index in [1.54, 1.807) is 36.5 Å². The Kier molecular flexibility index (Phi) is 3.51. The van der Waals surface area contributed by atoms with Crippen molar-refractivity contribution < 1.29 is 0 Å². The number of hydrazine groups is 1. The van der Waals surface area contributed by atoms with Crippen molar-refractivity contribution in [3.8, 4) is 0 Å². The molecule has 0 saturated heterocycles. The zero-order valence-electron chi connectivity index (χ0n) is 10.9. The molecule has 1 aromatic carbocycles. The molecule has 2 heterocycles. The molecule has 0 aliphatic rings. The molecule has 6 nitrogen and oxygen atoms in total. The van der Waals surface area contributed by atoms with Gasteiger partial charge in [-0.3, -0.25) is 14.2 Å². The second-order valence-corrected chi connectivity index (χ2v) is 5.44. The quantitative estimate of drug-likeness (QED) is 0.559. The molecule has 0 radical (unpaired) electrons. The highest BCUT2D eigenvalue weighted by molar-refractivity contribution is 7.16. The summed E-state index contributed by atoms with van der Waals surface area (Å²) in [4.78, 5) is 28.3. The van der Waals surface area contributed by atoms with Crippen molar-refractivity contribution in [2.24, 2.45) is 5.84 Å². The smallest absolute Gasteiger partial charge is 0.308 e. The summed E-state index contributed by atoms with van der Waals surface area (Å²) >= 11 is 1.06. The number of pyridine rings is 1. The van der Waals surface area contributed by atoms with Crippen molar-refractivity contribution in [2.75, 3.05) is 5.43 Å². The number of fused-ring (bicyclic) bond motifs is 1. The predicted octanol–water partition coefficient (Wildman–Crippen LogP) is 1.15. The van der Waals surface area contributed by atoms with Crippen molar-refractivity contribution in [2.45, 2.75) is 6.54 Å². The van der Waals surface area contributed by atoms with Crippen LogP contribution in [-0.2, 0) is 6.54 Å². The van der Waals surface area contributed by atoms with E-state index in [9.17, 15) is 9.59 Å². The van der Waals surface area contributed by atoms with E-state index >= 15 is 0 Å². The Morgan fingerprint density at radius 2 is 2.00 bits per heavy atom. The molecular formula is C14H12N4O2S. The van der Waals surface area contributed by atoms with E-state index in [0.29, 0.717) is 15.9 Å². The third-order valence-corrected chi connectivity index (χ3v) is 4.06. The van der Waals surface area contributed by atoms with Gasteiger partial charge < -0.3 is 5.43 Å². The van der Waals surface area contributed by atoms with Crippen LogP contribution < -0.4 is 21.7 Å². The normalized spacial score (nSPS) is 10.7. The predicted molar refractivity (Wildman–Crippen MR) is 83.5 cm³/mol. The van der Waals surface area contributed by atoms with Crippen molar-refractivity contribution in [3.63, 3.8) is 0 Å². The first-order valence-corrected chi connectivity index (χ1v) is 7.05. The van der Waals surface area contributed by atoms with Crippen molar-refractivity contribution in [1.82, 2.24) is 9.55 Å². The summed E-state index contributed by atoms with van der Waals surface area (Å²) in [6.45, 7) is 0.191. The van der Waals surface area contributed by atoms with E-state index in [1.807, 2.05) is 6.07 Å². The number of nitrogens with two attached hydrogens (primary N) is 1. The Labute approximate surface area is 123 Å². The SMILES string of the molecule is NNc1ccc(Cn2c(=O)sc3ccccc3c2=O)cn1. The van der Waals surface area contributed by atoms with Crippen LogP contribution in [0.2, 0.25) is 0 Å². The van der Waals surface area contributed by atoms with Crippen molar-refractivity contribution in [3.05, 3.63) is 68.2 Å². The molecule has 0 bridgehead atoms. The third kappa shape index (κ3) is 2.56. The number of hydrogen-bond donors (Lipinski definition) is 2. The fraction of sp³-hybridized carbons (Fsp3) is 0.0714. The Morgan fingerprint density at radius 3 is 2.71 bits per heavy atom. The van der Waals surface area contributed by atoms with E-state index in [1.165, 1.54) is 4.57 Å². The van der Waals surface area contributed by atoms with Crippen LogP contribution in [0.5, 0.6) is 0 Å². The van der Waals surface area contributed by atoms with Gasteiger partial charge in [0.2, 0.25) is 0 Å². The molecule has 0 saturated carbocycles. The van der Waals surface area contributed by atoms with Crippen molar-refractivity contribution >= 4 is 27.2 Å². The summed E-state index contributed by atoms with van der Waals surface area (Å²) in [5.41, 5.74) is 2.90. The monoisotopic (exact) mass is 300 g/mol. The number of nitrogens with one attached hydrogen (secondary N) is 1. The van der Waals surface area contributed by atoms with Gasteiger partial charge in [-0.2, -0.15) is 0 Å². The van der Waals surface area contributed by atoms with Crippen LogP contribution in [0.25, 0.3) is 10.1 Å². The van der Waals surface area contributed by atoms with Crippen LogP contribution in [0.15, 0.2) is 52.2 Å². The molecule has 0 unspecified atom stereocenters. The average Bonchev–Trinajstić information content (AvgIpc) is 2.52. The minimum Gasteiger partial charge on any atom is -0.308 e. The van der Waals surface area contributed by atoms with Gasteiger partial charge in [0.05, 0.1) is 11.9 Å². The van der Waals surface area contributed by atoms with Crippen LogP contribution in [0.1, 0.15) is 5.56 Å². The zero-order valence-corrected chi connectivity index (χ0v) is 11.8. The van der Waals surface area contributed by atoms with E-state index in [-0.39, 0.29) is 17.0 Å². The summed E-state index contributed by atoms with van der Waals surface area (Å²) < 4.78 is 1.92. The molecule has 7 heteroatoms. The minimum atomic E-state index is -0.282. The number of rotatable bonds is 3. The van der Waals surface area contributed by atoms with Crippen molar-refractivity contribution in [1.29, 1.82) is 0 Å². The van der Waals surface area contributed by atoms with Gasteiger partial charge in [-0.05, 0) is 23.8 Å². The van der Waals surface area contributed by atoms with Crippen LogP contribution in [-0.4, -0.2) is 9.55 Å². The maximum absolute atomic E-state index is 12.4. The number of hydrogen-bond acceptors (Lipinski definition) is 6. The van der Waals surface area contributed by atoms with E-state index in [2.05, 4.69) is 10.4 Å². The van der Waals surface area contributed by atoms with Gasteiger partial charge in [0, 0.05) is 10.9 Å². The Bertz CT molecular complexity index is 899. The number of anilines is 1. The third-order valence-electron chi connectivity index (χ3n) is 3.09. The highest BCUT2D eigenvalue weighted by Gasteiger charge is 2.08. The van der Waals surface area contributed by atoms with Crippen LogP contribution in [0, 0.1) is 0 Å². The zero-order chi connectivity index (χ0) is 14.8. The highest BCUT2D eigenvalue weighted by atomic mass is 32.1. The molecule has 0 atom stereocenters. The molecule has 21 heavy (non-hydrogen) atoms. The van der Waals surface area contributed by atoms with Crippen LogP contribution >= 0.6 is 11.3 Å². The summed E-state index contributed by atoms with van der Waals surface area (Å²) in [6, 6.07) is 10.6. The fourth-order valence-corrected chi connectivity index (χ4v) is 2.89. The largest absolute Gasteiger partial charge is 0.310 e. The number of benzene rings is 1. The maximum atomic E-state index is 12.4. The molecule has 3 rings (SSSR count). The fourth-order valence-electron chi connectivity index (χ4n) is 2.03. The second kappa shape index (κ2) is 5.47. The molecule has 106 valence electrons. The summed E-state index contributed by atoms with van der Waals surface area (Å²) in [6.07, 6.45) is 1.58. The lowest BCUT2D eigenvalue weighted by atomic mass is 10.2. The molecule has 3 aromatic rings. The van der Waals surface area contributed by atoms with E-state index < -0.39 is 0 Å². The van der Waals surface area contributed by atoms with Crippen LogP contribution in [0.4, 0.5) is 5.82 Å². The molecule has 3 N–H and O–H groups in total. The molecule has 0 spiro atoms. The highest BCUT2D eigenvalue weighted by Crippen LogP contribution is 2.11. The van der Waals surface area contributed by atoms with Gasteiger partial charge >= 0.3 is 4.87 Å². The molecule has 2 aromatic heterocycles. The molecule has 0 fully saturated rings. The Balaban J connectivity index is 2.07. The first kappa shape index (κ1) is 13.5. The van der Waals surface area contributed by atoms with Crippen LogP contribution in [0.3, 0.4) is 0 Å². The topological polar surface area (TPSA) is 90.0 Å². The lowest BCUT2D eigenvalue weighted by Crippen LogP contribution is -2.31. The van der Waals surface area contributed by atoms with Gasteiger partial charge in [-0.1, -0.05) is 29.5 Å². The summed E-state index contributed by atoms with van der Waals surface area (Å²) in [7, 11) is 0. The average molecular weight is 300 g/mol. The maximum Gasteiger partial charge on any atom is 0.310 e. The first-order chi connectivity index (χ1) is 10.2. The first-order valence-electron chi connectivity index (χ1n) is 6.23. The van der Waals surface area contributed by atoms with E-state index in [0.717, 1.165) is 16.9 Å². The second-order valence-electron chi connectivity index (χ2n) is 4.45. The summed E-state index contributed by atoms with van der Waals surface area (Å²) in [5, 5.41) is 0.551. The standard InChI is InChI=1S/C14H12N4O2S/c15-17-12-6-5-9(7-16-12)8-18-13(19)10-3-1-2-4-11(10)21-14(18)20/h1-7H,8,15H2,(H,16,17). The molecule has 0 aliphatic heterocycles. The van der Waals surface area contributed by atoms with Gasteiger partial charge in [0.1, 0.15) is 5.82 Å². The molecule has 0 amide bonds. The minimum absolute atomic E-state index is 0.191.